The molecule has 3 rings (SSSR count). The minimum Gasteiger partial charge on any atom is -0.350 e. The summed E-state index contributed by atoms with van der Waals surface area (Å²) in [5.41, 5.74) is 0.951. The maximum atomic E-state index is 12.0. The average Bonchev–Trinajstić information content (AvgIpc) is 3.01. The van der Waals surface area contributed by atoms with Gasteiger partial charge in [0.05, 0.1) is 18.6 Å². The van der Waals surface area contributed by atoms with Gasteiger partial charge in [0, 0.05) is 12.1 Å². The van der Waals surface area contributed by atoms with Gasteiger partial charge < -0.3 is 10.3 Å². The molecule has 0 spiro atoms. The lowest BCUT2D eigenvalue weighted by atomic mass is 9.93. The number of aromatic amines is 1. The number of aromatic nitrogens is 2. The maximum Gasteiger partial charge on any atom is 0.224 e. The molecule has 16 heavy (non-hydrogen) atoms. The second-order valence-electron chi connectivity index (χ2n) is 4.68. The summed E-state index contributed by atoms with van der Waals surface area (Å²) in [6.45, 7) is 0.552. The molecule has 2 bridgehead atoms. The van der Waals surface area contributed by atoms with Crippen LogP contribution in [0.1, 0.15) is 18.5 Å². The summed E-state index contributed by atoms with van der Waals surface area (Å²) in [7, 11) is 0. The number of allylic oxidation sites excluding steroid dienone is 2. The van der Waals surface area contributed by atoms with Crippen LogP contribution < -0.4 is 5.32 Å². The minimum absolute atomic E-state index is 0.187. The van der Waals surface area contributed by atoms with Crippen LogP contribution in [0.3, 0.4) is 0 Å². The van der Waals surface area contributed by atoms with Crippen molar-refractivity contribution in [2.45, 2.75) is 19.4 Å². The van der Waals surface area contributed by atoms with E-state index in [0.717, 1.165) is 12.1 Å². The summed E-state index contributed by atoms with van der Waals surface area (Å²) in [5, 5.41) is 2.97. The molecule has 84 valence electrons. The standard InChI is InChI=1S/C12H15N3O/c16-12(14-6-10-5-13-7-15-10)11-4-8-1-2-9(11)3-8/h1-2,5,7-9,11H,3-4,6H2,(H,13,15)(H,14,16). The van der Waals surface area contributed by atoms with Crippen molar-refractivity contribution in [3.63, 3.8) is 0 Å². The van der Waals surface area contributed by atoms with E-state index in [4.69, 9.17) is 0 Å². The number of hydrogen-bond donors (Lipinski definition) is 2. The highest BCUT2D eigenvalue weighted by molar-refractivity contribution is 5.79. The number of nitrogens with zero attached hydrogens (tertiary/aromatic N) is 1. The zero-order valence-corrected chi connectivity index (χ0v) is 9.02. The normalized spacial score (nSPS) is 30.9. The van der Waals surface area contributed by atoms with Gasteiger partial charge in [0.25, 0.3) is 0 Å². The van der Waals surface area contributed by atoms with Gasteiger partial charge in [-0.2, -0.15) is 0 Å². The molecule has 2 aliphatic carbocycles. The van der Waals surface area contributed by atoms with E-state index < -0.39 is 0 Å². The second-order valence-corrected chi connectivity index (χ2v) is 4.68. The first-order valence-electron chi connectivity index (χ1n) is 5.76. The first kappa shape index (κ1) is 9.63. The molecule has 1 aromatic heterocycles. The van der Waals surface area contributed by atoms with Crippen molar-refractivity contribution in [3.05, 3.63) is 30.4 Å². The Bertz CT molecular complexity index is 410. The van der Waals surface area contributed by atoms with Gasteiger partial charge in [0.1, 0.15) is 0 Å². The molecule has 1 aromatic rings. The highest BCUT2D eigenvalue weighted by atomic mass is 16.1. The molecule has 4 heteroatoms. The second kappa shape index (κ2) is 3.77. The third-order valence-corrected chi connectivity index (χ3v) is 3.62. The number of fused-ring (bicyclic) bond motifs is 2. The fraction of sp³-hybridized carbons (Fsp3) is 0.500. The quantitative estimate of drug-likeness (QED) is 0.748. The zero-order chi connectivity index (χ0) is 11.0. The Balaban J connectivity index is 1.56. The molecule has 0 radical (unpaired) electrons. The first-order valence-corrected chi connectivity index (χ1v) is 5.76. The highest BCUT2D eigenvalue weighted by Gasteiger charge is 2.39. The Kier molecular flexibility index (Phi) is 2.27. The van der Waals surface area contributed by atoms with Gasteiger partial charge >= 0.3 is 0 Å². The van der Waals surface area contributed by atoms with E-state index in [9.17, 15) is 4.79 Å². The van der Waals surface area contributed by atoms with E-state index in [1.165, 1.54) is 6.42 Å². The molecule has 0 aliphatic heterocycles. The lowest BCUT2D eigenvalue weighted by Gasteiger charge is -2.17. The number of H-pyrrole nitrogens is 1. The molecule has 0 saturated heterocycles. The molecule has 1 saturated carbocycles. The van der Waals surface area contributed by atoms with Gasteiger partial charge in [-0.1, -0.05) is 12.2 Å². The third kappa shape index (κ3) is 1.64. The number of hydrogen-bond acceptors (Lipinski definition) is 2. The summed E-state index contributed by atoms with van der Waals surface area (Å²) in [4.78, 5) is 18.8. The number of carbonyl (C=O) groups excluding carboxylic acids is 1. The van der Waals surface area contributed by atoms with Crippen molar-refractivity contribution in [1.82, 2.24) is 15.3 Å². The SMILES string of the molecule is O=C(NCc1cnc[nH]1)C1CC2C=CC1C2. The van der Waals surface area contributed by atoms with Crippen molar-refractivity contribution in [2.24, 2.45) is 17.8 Å². The van der Waals surface area contributed by atoms with Crippen LogP contribution in [0.25, 0.3) is 0 Å². The highest BCUT2D eigenvalue weighted by Crippen LogP contribution is 2.43. The molecule has 1 fully saturated rings. The van der Waals surface area contributed by atoms with E-state index in [1.807, 2.05) is 0 Å². The van der Waals surface area contributed by atoms with Gasteiger partial charge in [0.2, 0.25) is 5.91 Å². The van der Waals surface area contributed by atoms with Crippen molar-refractivity contribution < 1.29 is 4.79 Å². The zero-order valence-electron chi connectivity index (χ0n) is 9.02. The summed E-state index contributed by atoms with van der Waals surface area (Å²) in [5.74, 6) is 1.50. The van der Waals surface area contributed by atoms with Crippen molar-refractivity contribution >= 4 is 5.91 Å². The van der Waals surface area contributed by atoms with Gasteiger partial charge in [-0.05, 0) is 24.7 Å². The Labute approximate surface area is 94.2 Å². The number of rotatable bonds is 3. The molecule has 1 heterocycles. The molecular formula is C12H15N3O. The van der Waals surface area contributed by atoms with Crippen LogP contribution in [0.4, 0.5) is 0 Å². The monoisotopic (exact) mass is 217 g/mol. The van der Waals surface area contributed by atoms with E-state index in [2.05, 4.69) is 27.4 Å². The molecule has 2 aliphatic rings. The van der Waals surface area contributed by atoms with Crippen molar-refractivity contribution in [1.29, 1.82) is 0 Å². The van der Waals surface area contributed by atoms with E-state index in [0.29, 0.717) is 18.4 Å². The number of carbonyl (C=O) groups is 1. The molecule has 3 unspecified atom stereocenters. The van der Waals surface area contributed by atoms with Crippen LogP contribution in [-0.4, -0.2) is 15.9 Å². The van der Waals surface area contributed by atoms with Gasteiger partial charge in [-0.3, -0.25) is 4.79 Å². The Hall–Kier alpha value is -1.58. The summed E-state index contributed by atoms with van der Waals surface area (Å²) >= 11 is 0. The van der Waals surface area contributed by atoms with Crippen LogP contribution in [0.5, 0.6) is 0 Å². The molecular weight excluding hydrogens is 202 g/mol. The lowest BCUT2D eigenvalue weighted by Crippen LogP contribution is -2.32. The number of amides is 1. The Morgan fingerprint density at radius 1 is 1.50 bits per heavy atom. The van der Waals surface area contributed by atoms with E-state index >= 15 is 0 Å². The summed E-state index contributed by atoms with van der Waals surface area (Å²) < 4.78 is 0. The minimum atomic E-state index is 0.187. The van der Waals surface area contributed by atoms with Crippen molar-refractivity contribution in [2.75, 3.05) is 0 Å². The fourth-order valence-electron chi connectivity index (χ4n) is 2.78. The van der Waals surface area contributed by atoms with Crippen LogP contribution >= 0.6 is 0 Å². The average molecular weight is 217 g/mol. The largest absolute Gasteiger partial charge is 0.350 e. The predicted molar refractivity (Wildman–Crippen MR) is 59.3 cm³/mol. The van der Waals surface area contributed by atoms with Crippen LogP contribution in [0.15, 0.2) is 24.7 Å². The Morgan fingerprint density at radius 2 is 2.44 bits per heavy atom. The molecule has 3 atom stereocenters. The molecule has 0 aromatic carbocycles. The summed E-state index contributed by atoms with van der Waals surface area (Å²) in [6, 6.07) is 0. The third-order valence-electron chi connectivity index (χ3n) is 3.62. The van der Waals surface area contributed by atoms with Gasteiger partial charge in [-0.15, -0.1) is 0 Å². The summed E-state index contributed by atoms with van der Waals surface area (Å²) in [6.07, 6.45) is 10.0. The lowest BCUT2D eigenvalue weighted by molar-refractivity contribution is -0.125. The van der Waals surface area contributed by atoms with Gasteiger partial charge in [-0.25, -0.2) is 4.98 Å². The smallest absolute Gasteiger partial charge is 0.224 e. The van der Waals surface area contributed by atoms with Crippen LogP contribution in [0.2, 0.25) is 0 Å². The maximum absolute atomic E-state index is 12.0. The molecule has 1 amide bonds. The van der Waals surface area contributed by atoms with Crippen LogP contribution in [-0.2, 0) is 11.3 Å². The number of nitrogens with one attached hydrogen (secondary N) is 2. The first-order chi connectivity index (χ1) is 7.83. The Morgan fingerprint density at radius 3 is 3.06 bits per heavy atom. The van der Waals surface area contributed by atoms with Gasteiger partial charge in [0.15, 0.2) is 0 Å². The van der Waals surface area contributed by atoms with Crippen molar-refractivity contribution in [3.8, 4) is 0 Å². The molecule has 2 N–H and O–H groups in total. The fourth-order valence-corrected chi connectivity index (χ4v) is 2.78. The van der Waals surface area contributed by atoms with E-state index in [-0.39, 0.29) is 11.8 Å². The molecule has 4 nitrogen and oxygen atoms in total. The number of imidazole rings is 1. The van der Waals surface area contributed by atoms with Crippen LogP contribution in [0, 0.1) is 17.8 Å². The topological polar surface area (TPSA) is 57.8 Å². The predicted octanol–water partition coefficient (Wildman–Crippen LogP) is 1.24. The van der Waals surface area contributed by atoms with E-state index in [1.54, 1.807) is 12.5 Å².